The Labute approximate surface area is 156 Å². The van der Waals surface area contributed by atoms with Crippen LogP contribution in [0.15, 0.2) is 48.8 Å². The van der Waals surface area contributed by atoms with Crippen LogP contribution in [0.3, 0.4) is 0 Å². The zero-order chi connectivity index (χ0) is 17.8. The van der Waals surface area contributed by atoms with Crippen LogP contribution >= 0.6 is 11.3 Å². The highest BCUT2D eigenvalue weighted by atomic mass is 32.1. The average molecular weight is 368 g/mol. The summed E-state index contributed by atoms with van der Waals surface area (Å²) in [5.74, 6) is 1.33. The largest absolute Gasteiger partial charge is 0.317 e. The van der Waals surface area contributed by atoms with Gasteiger partial charge in [0, 0.05) is 12.4 Å². The molecule has 0 amide bonds. The predicted molar refractivity (Wildman–Crippen MR) is 104 cm³/mol. The topological polar surface area (TPSA) is 49.8 Å². The van der Waals surface area contributed by atoms with Gasteiger partial charge in [0.05, 0.1) is 4.88 Å². The van der Waals surface area contributed by atoms with Crippen molar-refractivity contribution < 1.29 is 4.39 Å². The molecule has 1 saturated heterocycles. The van der Waals surface area contributed by atoms with Crippen molar-refractivity contribution in [2.45, 2.75) is 19.3 Å². The maximum Gasteiger partial charge on any atom is 0.188 e. The molecular formula is C20H21FN4S. The van der Waals surface area contributed by atoms with E-state index in [4.69, 9.17) is 0 Å². The zero-order valence-corrected chi connectivity index (χ0v) is 15.2. The summed E-state index contributed by atoms with van der Waals surface area (Å²) < 4.78 is 13.1. The molecular weight excluding hydrogens is 347 g/mol. The molecule has 26 heavy (non-hydrogen) atoms. The fraction of sp³-hybridized carbons (Fsp3) is 0.300. The molecule has 1 fully saturated rings. The highest BCUT2D eigenvalue weighted by Gasteiger charge is 2.14. The Morgan fingerprint density at radius 3 is 2.73 bits per heavy atom. The zero-order valence-electron chi connectivity index (χ0n) is 14.4. The van der Waals surface area contributed by atoms with E-state index in [2.05, 4.69) is 32.7 Å². The molecule has 0 spiro atoms. The molecule has 0 saturated carbocycles. The molecule has 0 atom stereocenters. The van der Waals surface area contributed by atoms with Crippen molar-refractivity contribution in [2.75, 3.05) is 18.4 Å². The van der Waals surface area contributed by atoms with Gasteiger partial charge in [-0.3, -0.25) is 0 Å². The lowest BCUT2D eigenvalue weighted by Gasteiger charge is -2.22. The summed E-state index contributed by atoms with van der Waals surface area (Å²) in [5.41, 5.74) is 2.27. The van der Waals surface area contributed by atoms with E-state index in [0.29, 0.717) is 0 Å². The van der Waals surface area contributed by atoms with Crippen molar-refractivity contribution in [1.29, 1.82) is 0 Å². The predicted octanol–water partition coefficient (Wildman–Crippen LogP) is 4.63. The molecule has 4 rings (SSSR count). The van der Waals surface area contributed by atoms with Crippen LogP contribution in [0.4, 0.5) is 15.3 Å². The number of halogens is 1. The molecule has 0 bridgehead atoms. The lowest BCUT2D eigenvalue weighted by molar-refractivity contribution is 0.372. The van der Waals surface area contributed by atoms with Crippen LogP contribution in [-0.4, -0.2) is 23.1 Å². The third-order valence-corrected chi connectivity index (χ3v) is 5.64. The van der Waals surface area contributed by atoms with E-state index in [-0.39, 0.29) is 5.82 Å². The first-order valence-electron chi connectivity index (χ1n) is 8.91. The Balaban J connectivity index is 1.44. The standard InChI is InChI=1S/C20H21FN4S/c21-17-3-1-16(2-4-17)18-13-24-20(26-18)25-19-12-15(7-10-23-19)11-14-5-8-22-9-6-14/h1-4,7,10,12-14,22H,5-6,8-9,11H2,(H,23,24,25). The highest BCUT2D eigenvalue weighted by molar-refractivity contribution is 7.18. The van der Waals surface area contributed by atoms with Crippen LogP contribution in [-0.2, 0) is 6.42 Å². The number of aromatic nitrogens is 2. The summed E-state index contributed by atoms with van der Waals surface area (Å²) in [7, 11) is 0. The highest BCUT2D eigenvalue weighted by Crippen LogP contribution is 2.30. The number of anilines is 2. The number of benzene rings is 1. The quantitative estimate of drug-likeness (QED) is 0.689. The van der Waals surface area contributed by atoms with Gasteiger partial charge in [-0.05, 0) is 73.7 Å². The summed E-state index contributed by atoms with van der Waals surface area (Å²) in [6, 6.07) is 10.7. The maximum atomic E-state index is 13.1. The second-order valence-electron chi connectivity index (χ2n) is 6.61. The SMILES string of the molecule is Fc1ccc(-c2cnc(Nc3cc(CC4CCNCC4)ccn3)s2)cc1. The summed E-state index contributed by atoms with van der Waals surface area (Å²) in [5, 5.41) is 7.49. The Bertz CT molecular complexity index is 856. The Morgan fingerprint density at radius 1 is 1.12 bits per heavy atom. The van der Waals surface area contributed by atoms with Gasteiger partial charge in [-0.1, -0.05) is 23.5 Å². The van der Waals surface area contributed by atoms with Crippen molar-refractivity contribution in [1.82, 2.24) is 15.3 Å². The minimum absolute atomic E-state index is 0.230. The van der Waals surface area contributed by atoms with Crippen molar-refractivity contribution in [3.8, 4) is 10.4 Å². The molecule has 0 radical (unpaired) electrons. The van der Waals surface area contributed by atoms with E-state index in [1.807, 2.05) is 6.20 Å². The van der Waals surface area contributed by atoms with Crippen molar-refractivity contribution in [3.63, 3.8) is 0 Å². The third-order valence-electron chi connectivity index (χ3n) is 4.68. The van der Waals surface area contributed by atoms with Crippen molar-refractivity contribution >= 4 is 22.3 Å². The fourth-order valence-corrected chi connectivity index (χ4v) is 4.11. The monoisotopic (exact) mass is 368 g/mol. The molecule has 2 N–H and O–H groups in total. The maximum absolute atomic E-state index is 13.1. The van der Waals surface area contributed by atoms with E-state index >= 15 is 0 Å². The molecule has 0 unspecified atom stereocenters. The van der Waals surface area contributed by atoms with Gasteiger partial charge >= 0.3 is 0 Å². The summed E-state index contributed by atoms with van der Waals surface area (Å²) in [6.07, 6.45) is 7.22. The van der Waals surface area contributed by atoms with Gasteiger partial charge in [-0.2, -0.15) is 0 Å². The van der Waals surface area contributed by atoms with E-state index in [1.54, 1.807) is 18.3 Å². The van der Waals surface area contributed by atoms with Crippen LogP contribution in [0.25, 0.3) is 10.4 Å². The second-order valence-corrected chi connectivity index (χ2v) is 7.64. The Hall–Kier alpha value is -2.31. The molecule has 3 heterocycles. The van der Waals surface area contributed by atoms with Crippen molar-refractivity contribution in [2.24, 2.45) is 5.92 Å². The van der Waals surface area contributed by atoms with Gasteiger partial charge in [0.2, 0.25) is 0 Å². The number of hydrogen-bond acceptors (Lipinski definition) is 5. The van der Waals surface area contributed by atoms with Crippen LogP contribution in [0.5, 0.6) is 0 Å². The van der Waals surface area contributed by atoms with Gasteiger partial charge in [0.15, 0.2) is 5.13 Å². The molecule has 1 aliphatic heterocycles. The summed E-state index contributed by atoms with van der Waals surface area (Å²) >= 11 is 1.54. The van der Waals surface area contributed by atoms with Crippen molar-refractivity contribution in [3.05, 3.63) is 60.2 Å². The second kappa shape index (κ2) is 7.93. The van der Waals surface area contributed by atoms with Gasteiger partial charge in [0.25, 0.3) is 0 Å². The fourth-order valence-electron chi connectivity index (χ4n) is 3.28. The van der Waals surface area contributed by atoms with Gasteiger partial charge in [-0.25, -0.2) is 14.4 Å². The first kappa shape index (κ1) is 17.1. The number of pyridine rings is 1. The third kappa shape index (κ3) is 4.26. The number of thiazole rings is 1. The lowest BCUT2D eigenvalue weighted by atomic mass is 9.91. The Morgan fingerprint density at radius 2 is 1.92 bits per heavy atom. The minimum atomic E-state index is -0.230. The molecule has 4 nitrogen and oxygen atoms in total. The van der Waals surface area contributed by atoms with Crippen LogP contribution < -0.4 is 10.6 Å². The molecule has 2 aromatic heterocycles. The first-order valence-corrected chi connectivity index (χ1v) is 9.72. The lowest BCUT2D eigenvalue weighted by Crippen LogP contribution is -2.28. The molecule has 134 valence electrons. The number of hydrogen-bond donors (Lipinski definition) is 2. The van der Waals surface area contributed by atoms with Crippen LogP contribution in [0.1, 0.15) is 18.4 Å². The van der Waals surface area contributed by atoms with Gasteiger partial charge in [-0.15, -0.1) is 0 Å². The minimum Gasteiger partial charge on any atom is -0.317 e. The molecule has 1 aromatic carbocycles. The number of nitrogens with zero attached hydrogens (tertiary/aromatic N) is 2. The van der Waals surface area contributed by atoms with E-state index in [1.165, 1.54) is 41.9 Å². The smallest absolute Gasteiger partial charge is 0.188 e. The molecule has 0 aliphatic carbocycles. The molecule has 6 heteroatoms. The normalized spacial score (nSPS) is 15.1. The Kier molecular flexibility index (Phi) is 5.22. The number of nitrogens with one attached hydrogen (secondary N) is 2. The van der Waals surface area contributed by atoms with Crippen LogP contribution in [0, 0.1) is 11.7 Å². The number of piperidine rings is 1. The van der Waals surface area contributed by atoms with E-state index in [0.717, 1.165) is 46.8 Å². The van der Waals surface area contributed by atoms with Crippen LogP contribution in [0.2, 0.25) is 0 Å². The average Bonchev–Trinajstić information content (AvgIpc) is 3.12. The van der Waals surface area contributed by atoms with Gasteiger partial charge in [0.1, 0.15) is 11.6 Å². The van der Waals surface area contributed by atoms with Gasteiger partial charge < -0.3 is 10.6 Å². The molecule has 3 aromatic rings. The molecule has 1 aliphatic rings. The first-order chi connectivity index (χ1) is 12.8. The number of rotatable bonds is 5. The van der Waals surface area contributed by atoms with E-state index < -0.39 is 0 Å². The summed E-state index contributed by atoms with van der Waals surface area (Å²) in [6.45, 7) is 2.23. The summed E-state index contributed by atoms with van der Waals surface area (Å²) in [4.78, 5) is 9.83. The van der Waals surface area contributed by atoms with E-state index in [9.17, 15) is 4.39 Å².